The SMILES string of the molecule is Cn1c(=O)c(C#N)c(N2CCC(c3nc4ccccc4[nH]3)CC2)c2ccc(Br)cc21. The fourth-order valence-corrected chi connectivity index (χ4v) is 4.82. The molecule has 2 aromatic heterocycles. The first-order valence-corrected chi connectivity index (χ1v) is 10.8. The highest BCUT2D eigenvalue weighted by molar-refractivity contribution is 9.10. The molecular formula is C23H20BrN5O. The van der Waals surface area contributed by atoms with Gasteiger partial charge in [0, 0.05) is 35.9 Å². The summed E-state index contributed by atoms with van der Waals surface area (Å²) in [5.41, 5.74) is 3.59. The lowest BCUT2D eigenvalue weighted by atomic mass is 9.94. The number of aryl methyl sites for hydroxylation is 1. The Morgan fingerprint density at radius 2 is 1.97 bits per heavy atom. The number of piperidine rings is 1. The van der Waals surface area contributed by atoms with Crippen LogP contribution in [0.15, 0.2) is 51.7 Å². The minimum atomic E-state index is -0.252. The van der Waals surface area contributed by atoms with Crippen LogP contribution in [-0.2, 0) is 7.05 Å². The minimum Gasteiger partial charge on any atom is -0.370 e. The van der Waals surface area contributed by atoms with Crippen LogP contribution >= 0.6 is 15.9 Å². The molecule has 0 aliphatic carbocycles. The monoisotopic (exact) mass is 461 g/mol. The van der Waals surface area contributed by atoms with Crippen molar-refractivity contribution >= 4 is 43.6 Å². The zero-order chi connectivity index (χ0) is 20.8. The summed E-state index contributed by atoms with van der Waals surface area (Å²) in [5, 5.41) is 10.7. The highest BCUT2D eigenvalue weighted by Crippen LogP contribution is 2.35. The minimum absolute atomic E-state index is 0.217. The molecule has 0 spiro atoms. The number of hydrogen-bond acceptors (Lipinski definition) is 4. The van der Waals surface area contributed by atoms with Gasteiger partial charge in [0.25, 0.3) is 5.56 Å². The highest BCUT2D eigenvalue weighted by Gasteiger charge is 2.27. The quantitative estimate of drug-likeness (QED) is 0.478. The third kappa shape index (κ3) is 2.99. The number of pyridine rings is 1. The molecule has 1 aliphatic rings. The van der Waals surface area contributed by atoms with Gasteiger partial charge in [0.05, 0.1) is 22.2 Å². The lowest BCUT2D eigenvalue weighted by Crippen LogP contribution is -2.36. The summed E-state index contributed by atoms with van der Waals surface area (Å²) in [6, 6.07) is 16.1. The molecule has 1 saturated heterocycles. The van der Waals surface area contributed by atoms with Crippen LogP contribution in [0, 0.1) is 11.3 Å². The van der Waals surface area contributed by atoms with E-state index in [1.165, 1.54) is 0 Å². The van der Waals surface area contributed by atoms with Gasteiger partial charge in [0.1, 0.15) is 17.5 Å². The number of benzene rings is 2. The predicted molar refractivity (Wildman–Crippen MR) is 122 cm³/mol. The Labute approximate surface area is 181 Å². The molecule has 0 saturated carbocycles. The molecule has 0 atom stereocenters. The van der Waals surface area contributed by atoms with Crippen molar-refractivity contribution in [3.05, 3.63) is 68.7 Å². The van der Waals surface area contributed by atoms with E-state index in [1.807, 2.05) is 42.5 Å². The summed E-state index contributed by atoms with van der Waals surface area (Å²) < 4.78 is 2.47. The molecule has 1 N–H and O–H groups in total. The van der Waals surface area contributed by atoms with E-state index in [-0.39, 0.29) is 11.1 Å². The third-order valence-corrected chi connectivity index (χ3v) is 6.54. The molecule has 5 rings (SSSR count). The van der Waals surface area contributed by atoms with Crippen molar-refractivity contribution in [2.45, 2.75) is 18.8 Å². The highest BCUT2D eigenvalue weighted by atomic mass is 79.9. The summed E-state index contributed by atoms with van der Waals surface area (Å²) >= 11 is 3.49. The van der Waals surface area contributed by atoms with E-state index in [4.69, 9.17) is 4.98 Å². The Morgan fingerprint density at radius 1 is 1.20 bits per heavy atom. The molecule has 0 amide bonds. The molecular weight excluding hydrogens is 442 g/mol. The molecule has 0 bridgehead atoms. The van der Waals surface area contributed by atoms with Crippen molar-refractivity contribution in [3.8, 4) is 6.07 Å². The van der Waals surface area contributed by atoms with E-state index in [2.05, 4.69) is 31.9 Å². The normalized spacial score (nSPS) is 15.0. The van der Waals surface area contributed by atoms with Gasteiger partial charge in [-0.3, -0.25) is 4.79 Å². The number of anilines is 1. The molecule has 30 heavy (non-hydrogen) atoms. The van der Waals surface area contributed by atoms with Gasteiger partial charge in [-0.2, -0.15) is 5.26 Å². The number of para-hydroxylation sites is 2. The van der Waals surface area contributed by atoms with Gasteiger partial charge in [0.2, 0.25) is 0 Å². The van der Waals surface area contributed by atoms with Crippen molar-refractivity contribution in [1.82, 2.24) is 14.5 Å². The standard InChI is InChI=1S/C23H20BrN5O/c1-28-20-12-15(24)6-7-16(20)21(17(13-25)23(28)30)29-10-8-14(9-11-29)22-26-18-4-2-3-5-19(18)27-22/h2-7,12,14H,8-11H2,1H3,(H,26,27). The Kier molecular flexibility index (Phi) is 4.59. The summed E-state index contributed by atoms with van der Waals surface area (Å²) in [4.78, 5) is 23.3. The number of nitrogens with zero attached hydrogens (tertiary/aromatic N) is 4. The second-order valence-corrected chi connectivity index (χ2v) is 8.68. The number of hydrogen-bond donors (Lipinski definition) is 1. The van der Waals surface area contributed by atoms with Crippen LogP contribution in [0.25, 0.3) is 21.9 Å². The molecule has 6 nitrogen and oxygen atoms in total. The van der Waals surface area contributed by atoms with Gasteiger partial charge in [-0.15, -0.1) is 0 Å². The van der Waals surface area contributed by atoms with Gasteiger partial charge in [-0.25, -0.2) is 4.98 Å². The third-order valence-electron chi connectivity index (χ3n) is 6.05. The van der Waals surface area contributed by atoms with E-state index in [0.29, 0.717) is 5.92 Å². The molecule has 4 aromatic rings. The number of aromatic amines is 1. The summed E-state index contributed by atoms with van der Waals surface area (Å²) in [5.74, 6) is 1.36. The summed E-state index contributed by atoms with van der Waals surface area (Å²) in [7, 11) is 1.72. The second kappa shape index (κ2) is 7.29. The number of fused-ring (bicyclic) bond motifs is 2. The lowest BCUT2D eigenvalue weighted by Gasteiger charge is -2.34. The fourth-order valence-electron chi connectivity index (χ4n) is 4.47. The second-order valence-electron chi connectivity index (χ2n) is 7.76. The van der Waals surface area contributed by atoms with Crippen molar-refractivity contribution < 1.29 is 0 Å². The Balaban J connectivity index is 1.51. The van der Waals surface area contributed by atoms with Crippen molar-refractivity contribution in [2.24, 2.45) is 7.05 Å². The zero-order valence-corrected chi connectivity index (χ0v) is 18.1. The number of rotatable bonds is 2. The van der Waals surface area contributed by atoms with Crippen LogP contribution in [0.2, 0.25) is 0 Å². The molecule has 0 radical (unpaired) electrons. The average Bonchev–Trinajstić information content (AvgIpc) is 3.21. The number of H-pyrrole nitrogens is 1. The van der Waals surface area contributed by atoms with E-state index in [1.54, 1.807) is 11.6 Å². The molecule has 0 unspecified atom stereocenters. The van der Waals surface area contributed by atoms with Gasteiger partial charge in [-0.1, -0.05) is 28.1 Å². The van der Waals surface area contributed by atoms with E-state index in [0.717, 1.165) is 63.9 Å². The lowest BCUT2D eigenvalue weighted by molar-refractivity contribution is 0.490. The zero-order valence-electron chi connectivity index (χ0n) is 16.5. The van der Waals surface area contributed by atoms with Crippen molar-refractivity contribution in [3.63, 3.8) is 0 Å². The van der Waals surface area contributed by atoms with Crippen LogP contribution in [0.1, 0.15) is 30.1 Å². The first-order chi connectivity index (χ1) is 14.6. The molecule has 7 heteroatoms. The first kappa shape index (κ1) is 18.9. The van der Waals surface area contributed by atoms with Crippen LogP contribution in [0.3, 0.4) is 0 Å². The maximum atomic E-state index is 12.9. The van der Waals surface area contributed by atoms with Crippen LogP contribution in [-0.4, -0.2) is 27.6 Å². The van der Waals surface area contributed by atoms with Crippen LogP contribution < -0.4 is 10.5 Å². The number of halogens is 1. The first-order valence-electron chi connectivity index (χ1n) is 9.98. The summed E-state index contributed by atoms with van der Waals surface area (Å²) in [6.45, 7) is 1.55. The fraction of sp³-hybridized carbons (Fsp3) is 0.261. The average molecular weight is 462 g/mol. The molecule has 150 valence electrons. The van der Waals surface area contributed by atoms with Gasteiger partial charge >= 0.3 is 0 Å². The van der Waals surface area contributed by atoms with Gasteiger partial charge < -0.3 is 14.5 Å². The number of imidazole rings is 1. The largest absolute Gasteiger partial charge is 0.370 e. The van der Waals surface area contributed by atoms with Crippen molar-refractivity contribution in [1.29, 1.82) is 5.26 Å². The van der Waals surface area contributed by atoms with Crippen LogP contribution in [0.5, 0.6) is 0 Å². The Bertz CT molecular complexity index is 1340. The molecule has 1 fully saturated rings. The summed E-state index contributed by atoms with van der Waals surface area (Å²) in [6.07, 6.45) is 1.83. The Hall–Kier alpha value is -3.11. The molecule has 1 aliphatic heterocycles. The van der Waals surface area contributed by atoms with Crippen molar-refractivity contribution in [2.75, 3.05) is 18.0 Å². The maximum absolute atomic E-state index is 12.9. The van der Waals surface area contributed by atoms with Gasteiger partial charge in [0.15, 0.2) is 0 Å². The number of nitrogens with one attached hydrogen (secondary N) is 1. The Morgan fingerprint density at radius 3 is 2.70 bits per heavy atom. The smallest absolute Gasteiger partial charge is 0.270 e. The van der Waals surface area contributed by atoms with E-state index in [9.17, 15) is 10.1 Å². The number of aromatic nitrogens is 3. The number of nitriles is 1. The van der Waals surface area contributed by atoms with E-state index >= 15 is 0 Å². The van der Waals surface area contributed by atoms with Gasteiger partial charge in [-0.05, 0) is 43.2 Å². The molecule has 3 heterocycles. The van der Waals surface area contributed by atoms with E-state index < -0.39 is 0 Å². The van der Waals surface area contributed by atoms with Crippen LogP contribution in [0.4, 0.5) is 5.69 Å². The predicted octanol–water partition coefficient (Wildman–Crippen LogP) is 4.43. The molecule has 2 aromatic carbocycles. The topological polar surface area (TPSA) is 77.7 Å². The maximum Gasteiger partial charge on any atom is 0.270 e.